The van der Waals surface area contributed by atoms with Crippen molar-refractivity contribution in [3.05, 3.63) is 35.9 Å². The van der Waals surface area contributed by atoms with E-state index in [9.17, 15) is 4.79 Å². The van der Waals surface area contributed by atoms with E-state index >= 15 is 0 Å². The van der Waals surface area contributed by atoms with Crippen LogP contribution >= 0.6 is 0 Å². The molecule has 17 heavy (non-hydrogen) atoms. The Hall–Kier alpha value is -1.35. The van der Waals surface area contributed by atoms with E-state index in [4.69, 9.17) is 4.74 Å². The van der Waals surface area contributed by atoms with E-state index < -0.39 is 0 Å². The quantitative estimate of drug-likeness (QED) is 0.784. The summed E-state index contributed by atoms with van der Waals surface area (Å²) in [5, 5.41) is 0. The molecule has 1 fully saturated rings. The van der Waals surface area contributed by atoms with Gasteiger partial charge in [-0.15, -0.1) is 0 Å². The number of carbonyl (C=O) groups is 1. The van der Waals surface area contributed by atoms with E-state index in [0.29, 0.717) is 13.2 Å². The lowest BCUT2D eigenvalue weighted by molar-refractivity contribution is -0.0444. The van der Waals surface area contributed by atoms with Gasteiger partial charge in [-0.05, 0) is 25.5 Å². The van der Waals surface area contributed by atoms with E-state index in [-0.39, 0.29) is 18.1 Å². The van der Waals surface area contributed by atoms with E-state index in [1.807, 2.05) is 42.2 Å². The number of carbonyl (C=O) groups excluding carboxylic acids is 1. The zero-order valence-electron chi connectivity index (χ0n) is 10.4. The largest absolute Gasteiger partial charge is 0.375 e. The van der Waals surface area contributed by atoms with Crippen molar-refractivity contribution in [2.45, 2.75) is 32.4 Å². The fourth-order valence-corrected chi connectivity index (χ4v) is 2.18. The van der Waals surface area contributed by atoms with Crippen molar-refractivity contribution in [1.29, 1.82) is 0 Å². The molecule has 2 rings (SSSR count). The molecule has 1 aliphatic rings. The second-order valence-corrected chi connectivity index (χ2v) is 4.53. The molecule has 0 spiro atoms. The predicted molar refractivity (Wildman–Crippen MR) is 67.0 cm³/mol. The molecule has 1 aliphatic heterocycles. The summed E-state index contributed by atoms with van der Waals surface area (Å²) in [4.78, 5) is 14.3. The summed E-state index contributed by atoms with van der Waals surface area (Å²) in [5.41, 5.74) is 0.764. The van der Waals surface area contributed by atoms with Crippen LogP contribution in [0, 0.1) is 0 Å². The topological polar surface area (TPSA) is 29.5 Å². The highest BCUT2D eigenvalue weighted by molar-refractivity contribution is 5.94. The van der Waals surface area contributed by atoms with Crippen LogP contribution in [0.5, 0.6) is 0 Å². The van der Waals surface area contributed by atoms with Crippen LogP contribution in [0.15, 0.2) is 30.3 Å². The molecule has 1 aromatic rings. The van der Waals surface area contributed by atoms with Gasteiger partial charge in [0.25, 0.3) is 5.91 Å². The number of hydrogen-bond acceptors (Lipinski definition) is 2. The van der Waals surface area contributed by atoms with Crippen LogP contribution in [-0.4, -0.2) is 36.1 Å². The van der Waals surface area contributed by atoms with Gasteiger partial charge in [0.2, 0.25) is 0 Å². The average molecular weight is 233 g/mol. The van der Waals surface area contributed by atoms with Crippen molar-refractivity contribution < 1.29 is 9.53 Å². The first kappa shape index (κ1) is 12.1. The zero-order valence-corrected chi connectivity index (χ0v) is 10.4. The Morgan fingerprint density at radius 1 is 1.41 bits per heavy atom. The molecule has 0 radical (unpaired) electrons. The number of hydrogen-bond donors (Lipinski definition) is 0. The third-order valence-corrected chi connectivity index (χ3v) is 3.22. The summed E-state index contributed by atoms with van der Waals surface area (Å²) in [6, 6.07) is 9.68. The molecule has 1 aromatic carbocycles. The van der Waals surface area contributed by atoms with Crippen molar-refractivity contribution in [1.82, 2.24) is 4.90 Å². The molecule has 0 bridgehead atoms. The van der Waals surface area contributed by atoms with E-state index in [1.54, 1.807) is 0 Å². The molecule has 0 unspecified atom stereocenters. The number of rotatable bonds is 2. The molecule has 0 saturated carbocycles. The predicted octanol–water partition coefficient (Wildman–Crippen LogP) is 2.33. The monoisotopic (exact) mass is 233 g/mol. The Labute approximate surface area is 102 Å². The molecule has 1 heterocycles. The SMILES string of the molecule is CC[C@H]1CO[C@@H](C)CN1C(=O)c1ccccc1. The lowest BCUT2D eigenvalue weighted by Gasteiger charge is -2.38. The number of amides is 1. The summed E-state index contributed by atoms with van der Waals surface area (Å²) >= 11 is 0. The lowest BCUT2D eigenvalue weighted by Crippen LogP contribution is -2.51. The number of morpholine rings is 1. The molecular formula is C14H19NO2. The van der Waals surface area contributed by atoms with E-state index in [2.05, 4.69) is 6.92 Å². The van der Waals surface area contributed by atoms with Crippen LogP contribution in [0.4, 0.5) is 0 Å². The van der Waals surface area contributed by atoms with Crippen molar-refractivity contribution in [2.24, 2.45) is 0 Å². The highest BCUT2D eigenvalue weighted by Gasteiger charge is 2.29. The average Bonchev–Trinajstić information content (AvgIpc) is 2.39. The van der Waals surface area contributed by atoms with Crippen molar-refractivity contribution >= 4 is 5.91 Å². The molecule has 2 atom stereocenters. The minimum Gasteiger partial charge on any atom is -0.375 e. The van der Waals surface area contributed by atoms with Gasteiger partial charge in [0.15, 0.2) is 0 Å². The van der Waals surface area contributed by atoms with Gasteiger partial charge in [-0.3, -0.25) is 4.79 Å². The summed E-state index contributed by atoms with van der Waals surface area (Å²) < 4.78 is 5.60. The minimum absolute atomic E-state index is 0.118. The molecule has 0 N–H and O–H groups in total. The summed E-state index contributed by atoms with van der Waals surface area (Å²) in [6.45, 7) is 5.44. The van der Waals surface area contributed by atoms with E-state index in [1.165, 1.54) is 0 Å². The number of ether oxygens (including phenoxy) is 1. The molecule has 0 aliphatic carbocycles. The standard InChI is InChI=1S/C14H19NO2/c1-3-13-10-17-11(2)9-15(13)14(16)12-7-5-4-6-8-12/h4-8,11,13H,3,9-10H2,1-2H3/t11-,13-/m0/s1. The van der Waals surface area contributed by atoms with Crippen LogP contribution in [0.3, 0.4) is 0 Å². The lowest BCUT2D eigenvalue weighted by atomic mass is 10.1. The van der Waals surface area contributed by atoms with Crippen molar-refractivity contribution in [3.63, 3.8) is 0 Å². The molecule has 1 amide bonds. The van der Waals surface area contributed by atoms with Gasteiger partial charge < -0.3 is 9.64 Å². The molecule has 3 heteroatoms. The summed E-state index contributed by atoms with van der Waals surface area (Å²) in [7, 11) is 0. The molecule has 92 valence electrons. The summed E-state index contributed by atoms with van der Waals surface area (Å²) in [5.74, 6) is 0.118. The minimum atomic E-state index is 0.118. The summed E-state index contributed by atoms with van der Waals surface area (Å²) in [6.07, 6.45) is 1.07. The zero-order chi connectivity index (χ0) is 12.3. The van der Waals surface area contributed by atoms with Gasteiger partial charge in [-0.25, -0.2) is 0 Å². The maximum atomic E-state index is 12.4. The van der Waals surface area contributed by atoms with Gasteiger partial charge in [0, 0.05) is 12.1 Å². The van der Waals surface area contributed by atoms with Crippen molar-refractivity contribution in [3.8, 4) is 0 Å². The fourth-order valence-electron chi connectivity index (χ4n) is 2.18. The van der Waals surface area contributed by atoms with E-state index in [0.717, 1.165) is 12.0 Å². The first-order valence-electron chi connectivity index (χ1n) is 6.20. The Bertz CT molecular complexity index is 377. The molecule has 0 aromatic heterocycles. The Morgan fingerprint density at radius 2 is 2.12 bits per heavy atom. The third kappa shape index (κ3) is 2.67. The normalized spacial score (nSPS) is 24.7. The van der Waals surface area contributed by atoms with Crippen LogP contribution < -0.4 is 0 Å². The molecular weight excluding hydrogens is 214 g/mol. The number of benzene rings is 1. The maximum Gasteiger partial charge on any atom is 0.254 e. The highest BCUT2D eigenvalue weighted by Crippen LogP contribution is 2.17. The van der Waals surface area contributed by atoms with Gasteiger partial charge in [0.1, 0.15) is 0 Å². The first-order chi connectivity index (χ1) is 8.22. The Morgan fingerprint density at radius 3 is 2.76 bits per heavy atom. The second-order valence-electron chi connectivity index (χ2n) is 4.53. The first-order valence-corrected chi connectivity index (χ1v) is 6.20. The molecule has 3 nitrogen and oxygen atoms in total. The van der Waals surface area contributed by atoms with Gasteiger partial charge >= 0.3 is 0 Å². The van der Waals surface area contributed by atoms with Gasteiger partial charge in [-0.2, -0.15) is 0 Å². The highest BCUT2D eigenvalue weighted by atomic mass is 16.5. The fraction of sp³-hybridized carbons (Fsp3) is 0.500. The van der Waals surface area contributed by atoms with Crippen molar-refractivity contribution in [2.75, 3.05) is 13.2 Å². The Balaban J connectivity index is 2.16. The van der Waals surface area contributed by atoms with Crippen LogP contribution in [0.2, 0.25) is 0 Å². The van der Waals surface area contributed by atoms with Crippen LogP contribution in [0.25, 0.3) is 0 Å². The third-order valence-electron chi connectivity index (χ3n) is 3.22. The number of nitrogens with zero attached hydrogens (tertiary/aromatic N) is 1. The molecule has 1 saturated heterocycles. The second kappa shape index (κ2) is 5.32. The van der Waals surface area contributed by atoms with Gasteiger partial charge in [0.05, 0.1) is 18.8 Å². The Kier molecular flexibility index (Phi) is 3.79. The van der Waals surface area contributed by atoms with Crippen LogP contribution in [-0.2, 0) is 4.74 Å². The van der Waals surface area contributed by atoms with Gasteiger partial charge in [-0.1, -0.05) is 25.1 Å². The smallest absolute Gasteiger partial charge is 0.254 e. The van der Waals surface area contributed by atoms with Crippen LogP contribution in [0.1, 0.15) is 30.6 Å². The maximum absolute atomic E-state index is 12.4.